The molecular formula is C24H39N3O4. The molecule has 0 radical (unpaired) electrons. The molecule has 1 saturated heterocycles. The molecule has 1 heterocycles. The largest absolute Gasteiger partial charge is 0.497 e. The summed E-state index contributed by atoms with van der Waals surface area (Å²) in [4.78, 5) is 29.4. The summed E-state index contributed by atoms with van der Waals surface area (Å²) in [6, 6.07) is 7.46. The Labute approximate surface area is 186 Å². The van der Waals surface area contributed by atoms with Crippen molar-refractivity contribution in [2.75, 3.05) is 39.8 Å². The Hall–Kier alpha value is -2.12. The van der Waals surface area contributed by atoms with Gasteiger partial charge < -0.3 is 20.5 Å². The Morgan fingerprint density at radius 2 is 1.84 bits per heavy atom. The lowest BCUT2D eigenvalue weighted by molar-refractivity contribution is -0.143. The number of likely N-dealkylation sites (tertiary alicyclic amines) is 1. The second kappa shape index (κ2) is 12.7. The van der Waals surface area contributed by atoms with E-state index in [9.17, 15) is 14.7 Å². The molecule has 174 valence electrons. The zero-order valence-corrected chi connectivity index (χ0v) is 19.3. The molecule has 0 aromatic heterocycles. The van der Waals surface area contributed by atoms with Crippen molar-refractivity contribution in [3.8, 4) is 5.75 Å². The third kappa shape index (κ3) is 6.68. The molecular weight excluding hydrogens is 394 g/mol. The second-order valence-electron chi connectivity index (χ2n) is 8.38. The van der Waals surface area contributed by atoms with E-state index in [1.807, 2.05) is 36.1 Å². The summed E-state index contributed by atoms with van der Waals surface area (Å²) < 4.78 is 5.24. The molecule has 3 atom stereocenters. The number of carboxylic acids is 1. The molecule has 2 rings (SSSR count). The summed E-state index contributed by atoms with van der Waals surface area (Å²) in [7, 11) is 1.61. The lowest BCUT2D eigenvalue weighted by Gasteiger charge is -2.29. The summed E-state index contributed by atoms with van der Waals surface area (Å²) in [5, 5.41) is 10.0. The van der Waals surface area contributed by atoms with Crippen molar-refractivity contribution in [2.45, 2.75) is 57.9 Å². The molecule has 1 fully saturated rings. The van der Waals surface area contributed by atoms with Crippen molar-refractivity contribution in [1.82, 2.24) is 9.80 Å². The van der Waals surface area contributed by atoms with Crippen LogP contribution in [-0.2, 0) is 9.59 Å². The Balaban J connectivity index is 2.17. The third-order valence-electron chi connectivity index (χ3n) is 6.35. The molecule has 1 amide bonds. The van der Waals surface area contributed by atoms with Crippen LogP contribution >= 0.6 is 0 Å². The van der Waals surface area contributed by atoms with Crippen LogP contribution in [0.15, 0.2) is 24.3 Å². The summed E-state index contributed by atoms with van der Waals surface area (Å²) >= 11 is 0. The molecule has 0 saturated carbocycles. The topological polar surface area (TPSA) is 96.1 Å². The van der Waals surface area contributed by atoms with Gasteiger partial charge in [-0.1, -0.05) is 32.4 Å². The van der Waals surface area contributed by atoms with Crippen LogP contribution in [0.5, 0.6) is 5.75 Å². The highest BCUT2D eigenvalue weighted by Crippen LogP contribution is 2.39. The maximum absolute atomic E-state index is 13.2. The van der Waals surface area contributed by atoms with Gasteiger partial charge in [-0.15, -0.1) is 0 Å². The Kier molecular flexibility index (Phi) is 10.3. The number of carbonyl (C=O) groups excluding carboxylic acids is 1. The SMILES string of the molecule is CCCCN(CCCCN)C(=O)CN1CC(c2ccc(OC)cc2)C(C(=O)O)C1CC. The van der Waals surface area contributed by atoms with Crippen LogP contribution in [0.2, 0.25) is 0 Å². The Bertz CT molecular complexity index is 695. The van der Waals surface area contributed by atoms with E-state index in [1.165, 1.54) is 0 Å². The number of benzene rings is 1. The summed E-state index contributed by atoms with van der Waals surface area (Å²) in [5.74, 6) is -0.649. The van der Waals surface area contributed by atoms with Crippen LogP contribution in [0.25, 0.3) is 0 Å². The quantitative estimate of drug-likeness (QED) is 0.464. The zero-order valence-electron chi connectivity index (χ0n) is 19.3. The van der Waals surface area contributed by atoms with E-state index in [0.29, 0.717) is 26.1 Å². The van der Waals surface area contributed by atoms with Crippen molar-refractivity contribution in [1.29, 1.82) is 0 Å². The molecule has 1 aliphatic heterocycles. The van der Waals surface area contributed by atoms with Gasteiger partial charge in [0, 0.05) is 31.6 Å². The minimum absolute atomic E-state index is 0.0865. The fraction of sp³-hybridized carbons (Fsp3) is 0.667. The standard InChI is InChI=1S/C24H39N3O4/c1-4-6-14-26(15-8-7-13-25)22(28)17-27-16-20(23(24(29)30)21(27)5-2)18-9-11-19(31-3)12-10-18/h9-12,20-21,23H,4-8,13-17,25H2,1-3H3,(H,29,30). The highest BCUT2D eigenvalue weighted by molar-refractivity contribution is 5.79. The minimum Gasteiger partial charge on any atom is -0.497 e. The summed E-state index contributed by atoms with van der Waals surface area (Å²) in [6.45, 7) is 7.04. The lowest BCUT2D eigenvalue weighted by Crippen LogP contribution is -2.44. The fourth-order valence-corrected chi connectivity index (χ4v) is 4.62. The van der Waals surface area contributed by atoms with E-state index >= 15 is 0 Å². The molecule has 31 heavy (non-hydrogen) atoms. The maximum atomic E-state index is 13.2. The van der Waals surface area contributed by atoms with E-state index in [-0.39, 0.29) is 24.4 Å². The number of methoxy groups -OCH3 is 1. The molecule has 1 aliphatic rings. The molecule has 1 aromatic rings. The van der Waals surface area contributed by atoms with Crippen molar-refractivity contribution >= 4 is 11.9 Å². The normalized spacial score (nSPS) is 21.2. The van der Waals surface area contributed by atoms with Crippen LogP contribution < -0.4 is 10.5 Å². The van der Waals surface area contributed by atoms with Crippen LogP contribution in [0.1, 0.15) is 57.4 Å². The monoisotopic (exact) mass is 433 g/mol. The number of nitrogens with two attached hydrogens (primary N) is 1. The molecule has 3 unspecified atom stereocenters. The zero-order chi connectivity index (χ0) is 22.8. The Morgan fingerprint density at radius 3 is 2.39 bits per heavy atom. The second-order valence-corrected chi connectivity index (χ2v) is 8.38. The number of unbranched alkanes of at least 4 members (excludes halogenated alkanes) is 2. The van der Waals surface area contributed by atoms with Gasteiger partial charge in [-0.2, -0.15) is 0 Å². The highest BCUT2D eigenvalue weighted by Gasteiger charge is 2.46. The van der Waals surface area contributed by atoms with Crippen LogP contribution in [-0.4, -0.2) is 72.7 Å². The van der Waals surface area contributed by atoms with Crippen molar-refractivity contribution in [2.24, 2.45) is 11.7 Å². The van der Waals surface area contributed by atoms with Crippen LogP contribution in [0, 0.1) is 5.92 Å². The van der Waals surface area contributed by atoms with E-state index in [0.717, 1.165) is 43.5 Å². The van der Waals surface area contributed by atoms with Gasteiger partial charge in [0.25, 0.3) is 0 Å². The first-order valence-corrected chi connectivity index (χ1v) is 11.5. The van der Waals surface area contributed by atoms with E-state index in [2.05, 4.69) is 11.8 Å². The summed E-state index contributed by atoms with van der Waals surface area (Å²) in [6.07, 6.45) is 4.49. The third-order valence-corrected chi connectivity index (χ3v) is 6.35. The fourth-order valence-electron chi connectivity index (χ4n) is 4.62. The van der Waals surface area contributed by atoms with Gasteiger partial charge >= 0.3 is 5.97 Å². The molecule has 0 spiro atoms. The number of amides is 1. The first kappa shape index (κ1) is 25.1. The highest BCUT2D eigenvalue weighted by atomic mass is 16.5. The van der Waals surface area contributed by atoms with Crippen molar-refractivity contribution in [3.63, 3.8) is 0 Å². The average Bonchev–Trinajstić information content (AvgIpc) is 3.14. The van der Waals surface area contributed by atoms with Gasteiger partial charge in [0.15, 0.2) is 0 Å². The number of ether oxygens (including phenoxy) is 1. The number of carbonyl (C=O) groups is 2. The number of hydrogen-bond acceptors (Lipinski definition) is 5. The van der Waals surface area contributed by atoms with Crippen LogP contribution in [0.3, 0.4) is 0 Å². The molecule has 1 aromatic carbocycles. The molecule has 3 N–H and O–H groups in total. The maximum Gasteiger partial charge on any atom is 0.308 e. The first-order chi connectivity index (χ1) is 15.0. The number of carboxylic acid groups (broad SMARTS) is 1. The van der Waals surface area contributed by atoms with Gasteiger partial charge in [-0.05, 0) is 49.9 Å². The molecule has 0 bridgehead atoms. The van der Waals surface area contributed by atoms with Gasteiger partial charge in [0.05, 0.1) is 19.6 Å². The average molecular weight is 434 g/mol. The van der Waals surface area contributed by atoms with E-state index in [1.54, 1.807) is 7.11 Å². The van der Waals surface area contributed by atoms with Gasteiger partial charge in [0.2, 0.25) is 5.91 Å². The summed E-state index contributed by atoms with van der Waals surface area (Å²) in [5.41, 5.74) is 6.60. The van der Waals surface area contributed by atoms with Crippen molar-refractivity contribution < 1.29 is 19.4 Å². The molecule has 7 heteroatoms. The number of rotatable bonds is 13. The van der Waals surface area contributed by atoms with Crippen LogP contribution in [0.4, 0.5) is 0 Å². The minimum atomic E-state index is -0.798. The first-order valence-electron chi connectivity index (χ1n) is 11.5. The Morgan fingerprint density at radius 1 is 1.16 bits per heavy atom. The van der Waals surface area contributed by atoms with E-state index < -0.39 is 11.9 Å². The smallest absolute Gasteiger partial charge is 0.308 e. The molecule has 0 aliphatic carbocycles. The molecule has 7 nitrogen and oxygen atoms in total. The number of nitrogens with zero attached hydrogens (tertiary/aromatic N) is 2. The lowest BCUT2D eigenvalue weighted by atomic mass is 9.84. The number of aliphatic carboxylic acids is 1. The predicted octanol–water partition coefficient (Wildman–Crippen LogP) is 2.94. The van der Waals surface area contributed by atoms with Crippen molar-refractivity contribution in [3.05, 3.63) is 29.8 Å². The van der Waals surface area contributed by atoms with Gasteiger partial charge in [0.1, 0.15) is 5.75 Å². The van der Waals surface area contributed by atoms with Gasteiger partial charge in [-0.25, -0.2) is 0 Å². The number of hydrogen-bond donors (Lipinski definition) is 2. The van der Waals surface area contributed by atoms with E-state index in [4.69, 9.17) is 10.5 Å². The van der Waals surface area contributed by atoms with Gasteiger partial charge in [-0.3, -0.25) is 14.5 Å². The predicted molar refractivity (Wildman–Crippen MR) is 122 cm³/mol.